The molecule has 3 heterocycles. The fourth-order valence-electron chi connectivity index (χ4n) is 4.38. The van der Waals surface area contributed by atoms with Crippen molar-refractivity contribution in [1.82, 2.24) is 19.9 Å². The Bertz CT molecular complexity index is 1400. The molecule has 0 radical (unpaired) electrons. The summed E-state index contributed by atoms with van der Waals surface area (Å²) >= 11 is 2.35. The van der Waals surface area contributed by atoms with Crippen molar-refractivity contribution in [3.8, 4) is 11.3 Å². The van der Waals surface area contributed by atoms with Gasteiger partial charge in [-0.3, -0.25) is 0 Å². The molecule has 2 aromatic heterocycles. The number of halogens is 2. The van der Waals surface area contributed by atoms with Gasteiger partial charge in [0.25, 0.3) is 0 Å². The van der Waals surface area contributed by atoms with Gasteiger partial charge in [0.05, 0.1) is 39.7 Å². The van der Waals surface area contributed by atoms with Crippen LogP contribution in [0.15, 0.2) is 55.1 Å². The Hall–Kier alpha value is -2.98. The summed E-state index contributed by atoms with van der Waals surface area (Å²) < 4.78 is 20.5. The zero-order chi connectivity index (χ0) is 24.4. The van der Waals surface area contributed by atoms with Crippen molar-refractivity contribution in [2.75, 3.05) is 31.2 Å². The summed E-state index contributed by atoms with van der Waals surface area (Å²) in [6, 6.07) is 11.3. The van der Waals surface area contributed by atoms with Crippen LogP contribution in [-0.2, 0) is 4.74 Å². The SMILES string of the molecule is C/C=C\c1ncnc(C(I)c2ccc(F)c(-c3ncnc4cc(N5CCOCC5)ccc34)c2)c1C. The second kappa shape index (κ2) is 10.3. The van der Waals surface area contributed by atoms with Crippen molar-refractivity contribution < 1.29 is 9.13 Å². The number of rotatable bonds is 5. The van der Waals surface area contributed by atoms with E-state index < -0.39 is 0 Å². The molecule has 0 N–H and O–H groups in total. The Morgan fingerprint density at radius 2 is 1.83 bits per heavy atom. The van der Waals surface area contributed by atoms with Gasteiger partial charge in [0, 0.05) is 29.7 Å². The normalized spacial score (nSPS) is 15.1. The first kappa shape index (κ1) is 23.7. The van der Waals surface area contributed by atoms with E-state index in [4.69, 9.17) is 4.74 Å². The van der Waals surface area contributed by atoms with E-state index in [1.54, 1.807) is 6.33 Å². The van der Waals surface area contributed by atoms with Crippen LogP contribution in [0, 0.1) is 12.7 Å². The second-order valence-corrected chi connectivity index (χ2v) is 9.64. The van der Waals surface area contributed by atoms with Gasteiger partial charge in [0.2, 0.25) is 0 Å². The molecule has 1 atom stereocenters. The first-order valence-electron chi connectivity index (χ1n) is 11.5. The minimum atomic E-state index is -0.316. The zero-order valence-corrected chi connectivity index (χ0v) is 21.7. The molecule has 0 amide bonds. The van der Waals surface area contributed by atoms with Gasteiger partial charge in [-0.2, -0.15) is 0 Å². The highest BCUT2D eigenvalue weighted by Crippen LogP contribution is 2.37. The Balaban J connectivity index is 1.55. The highest BCUT2D eigenvalue weighted by atomic mass is 127. The lowest BCUT2D eigenvalue weighted by molar-refractivity contribution is 0.122. The molecule has 1 unspecified atom stereocenters. The molecule has 6 nitrogen and oxygen atoms in total. The molecule has 0 bridgehead atoms. The average molecular weight is 581 g/mol. The maximum absolute atomic E-state index is 15.1. The van der Waals surface area contributed by atoms with E-state index in [-0.39, 0.29) is 9.74 Å². The zero-order valence-electron chi connectivity index (χ0n) is 19.6. The van der Waals surface area contributed by atoms with Crippen molar-refractivity contribution in [3.05, 3.63) is 83.5 Å². The fraction of sp³-hybridized carbons (Fsp3) is 0.259. The van der Waals surface area contributed by atoms with E-state index in [0.29, 0.717) is 24.5 Å². The van der Waals surface area contributed by atoms with Crippen LogP contribution in [0.4, 0.5) is 10.1 Å². The molecule has 5 rings (SSSR count). The monoisotopic (exact) mass is 581 g/mol. The summed E-state index contributed by atoms with van der Waals surface area (Å²) in [5, 5.41) is 0.819. The Labute approximate surface area is 217 Å². The Kier molecular flexibility index (Phi) is 7.01. The molecule has 1 aliphatic heterocycles. The molecule has 8 heteroatoms. The summed E-state index contributed by atoms with van der Waals surface area (Å²) in [6.45, 7) is 7.09. The van der Waals surface area contributed by atoms with E-state index in [1.165, 1.54) is 12.4 Å². The van der Waals surface area contributed by atoms with E-state index in [0.717, 1.165) is 52.2 Å². The van der Waals surface area contributed by atoms with Gasteiger partial charge >= 0.3 is 0 Å². The number of fused-ring (bicyclic) bond motifs is 1. The number of allylic oxidation sites excluding steroid dienone is 1. The van der Waals surface area contributed by atoms with Crippen LogP contribution >= 0.6 is 22.6 Å². The number of hydrogen-bond acceptors (Lipinski definition) is 6. The van der Waals surface area contributed by atoms with Crippen LogP contribution in [0.1, 0.15) is 33.4 Å². The summed E-state index contributed by atoms with van der Waals surface area (Å²) in [5.41, 5.74) is 6.68. The number of morpholine rings is 1. The number of benzene rings is 2. The van der Waals surface area contributed by atoms with Crippen molar-refractivity contribution in [3.63, 3.8) is 0 Å². The molecule has 4 aromatic rings. The highest BCUT2D eigenvalue weighted by Gasteiger charge is 2.20. The summed E-state index contributed by atoms with van der Waals surface area (Å²) in [6.07, 6.45) is 7.02. The van der Waals surface area contributed by atoms with E-state index in [2.05, 4.69) is 53.5 Å². The highest BCUT2D eigenvalue weighted by molar-refractivity contribution is 14.1. The van der Waals surface area contributed by atoms with Gasteiger partial charge in [0.1, 0.15) is 18.5 Å². The molecule has 0 aliphatic carbocycles. The van der Waals surface area contributed by atoms with Gasteiger partial charge in [-0.25, -0.2) is 24.3 Å². The maximum atomic E-state index is 15.1. The molecule has 1 aliphatic rings. The number of aromatic nitrogens is 4. The summed E-state index contributed by atoms with van der Waals surface area (Å²) in [5.74, 6) is -0.316. The van der Waals surface area contributed by atoms with Crippen LogP contribution in [-0.4, -0.2) is 46.2 Å². The smallest absolute Gasteiger partial charge is 0.132 e. The quantitative estimate of drug-likeness (QED) is 0.215. The van der Waals surface area contributed by atoms with Gasteiger partial charge in [-0.05, 0) is 61.4 Å². The second-order valence-electron chi connectivity index (χ2n) is 8.39. The van der Waals surface area contributed by atoms with Gasteiger partial charge < -0.3 is 9.64 Å². The maximum Gasteiger partial charge on any atom is 0.132 e. The van der Waals surface area contributed by atoms with Crippen LogP contribution in [0.25, 0.3) is 28.2 Å². The standard InChI is InChI=1S/C27H25FIN5O/c1-3-4-23-17(2)26(32-15-30-23)25(29)18-5-8-22(28)21(13-18)27-20-7-6-19(14-24(20)31-16-33-27)34-9-11-35-12-10-34/h3-8,13-16,25H,9-12H2,1-2H3/b4-3-. The lowest BCUT2D eigenvalue weighted by Gasteiger charge is -2.29. The van der Waals surface area contributed by atoms with E-state index in [9.17, 15) is 0 Å². The summed E-state index contributed by atoms with van der Waals surface area (Å²) in [4.78, 5) is 20.2. The Morgan fingerprint density at radius 1 is 1.03 bits per heavy atom. The molecular formula is C27H25FIN5O. The molecular weight excluding hydrogens is 556 g/mol. The molecule has 178 valence electrons. The third kappa shape index (κ3) is 4.77. The van der Waals surface area contributed by atoms with Crippen molar-refractivity contribution >= 4 is 45.3 Å². The Morgan fingerprint density at radius 3 is 2.63 bits per heavy atom. The number of ether oxygens (including phenoxy) is 1. The third-order valence-electron chi connectivity index (χ3n) is 6.26. The van der Waals surface area contributed by atoms with Crippen LogP contribution in [0.5, 0.6) is 0 Å². The van der Waals surface area contributed by atoms with Crippen LogP contribution in [0.2, 0.25) is 0 Å². The molecule has 0 spiro atoms. The topological polar surface area (TPSA) is 64.0 Å². The molecule has 1 saturated heterocycles. The number of alkyl halides is 1. The first-order chi connectivity index (χ1) is 17.1. The first-order valence-corrected chi connectivity index (χ1v) is 12.8. The van der Waals surface area contributed by atoms with Crippen molar-refractivity contribution in [1.29, 1.82) is 0 Å². The largest absolute Gasteiger partial charge is 0.378 e. The minimum absolute atomic E-state index is 0.0695. The van der Waals surface area contributed by atoms with E-state index in [1.807, 2.05) is 50.3 Å². The minimum Gasteiger partial charge on any atom is -0.378 e. The number of nitrogens with zero attached hydrogens (tertiary/aromatic N) is 5. The molecule has 0 saturated carbocycles. The average Bonchev–Trinajstić information content (AvgIpc) is 2.90. The van der Waals surface area contributed by atoms with Crippen LogP contribution in [0.3, 0.4) is 0 Å². The molecule has 2 aromatic carbocycles. The van der Waals surface area contributed by atoms with Gasteiger partial charge in [-0.1, -0.05) is 34.7 Å². The van der Waals surface area contributed by atoms with Crippen molar-refractivity contribution in [2.45, 2.75) is 17.8 Å². The third-order valence-corrected chi connectivity index (χ3v) is 7.57. The van der Waals surface area contributed by atoms with Crippen molar-refractivity contribution in [2.24, 2.45) is 0 Å². The lowest BCUT2D eigenvalue weighted by atomic mass is 9.99. The number of hydrogen-bond donors (Lipinski definition) is 0. The summed E-state index contributed by atoms with van der Waals surface area (Å²) in [7, 11) is 0. The van der Waals surface area contributed by atoms with E-state index >= 15 is 4.39 Å². The predicted molar refractivity (Wildman–Crippen MR) is 145 cm³/mol. The molecule has 1 fully saturated rings. The number of anilines is 1. The van der Waals surface area contributed by atoms with Gasteiger partial charge in [0.15, 0.2) is 0 Å². The fourth-order valence-corrected chi connectivity index (χ4v) is 5.39. The van der Waals surface area contributed by atoms with Gasteiger partial charge in [-0.15, -0.1) is 0 Å². The molecule has 35 heavy (non-hydrogen) atoms. The predicted octanol–water partition coefficient (Wildman–Crippen LogP) is 5.93. The lowest BCUT2D eigenvalue weighted by Crippen LogP contribution is -2.36. The van der Waals surface area contributed by atoms with Crippen LogP contribution < -0.4 is 4.90 Å².